The largest absolute Gasteiger partial charge is 0.327 e. The molecule has 18 heavy (non-hydrogen) atoms. The number of hydrogen-bond donors (Lipinski definition) is 1. The van der Waals surface area contributed by atoms with Gasteiger partial charge in [-0.25, -0.2) is 4.98 Å². The Morgan fingerprint density at radius 3 is 2.50 bits per heavy atom. The molecule has 0 aliphatic rings. The van der Waals surface area contributed by atoms with Gasteiger partial charge in [0.05, 0.1) is 11.2 Å². The van der Waals surface area contributed by atoms with E-state index in [0.717, 1.165) is 17.1 Å². The van der Waals surface area contributed by atoms with E-state index >= 15 is 0 Å². The minimum absolute atomic E-state index is 0.501. The summed E-state index contributed by atoms with van der Waals surface area (Å²) in [6, 6.07) is 10.1. The Kier molecular flexibility index (Phi) is 3.22. The molecule has 0 unspecified atom stereocenters. The van der Waals surface area contributed by atoms with Gasteiger partial charge in [-0.05, 0) is 19.8 Å². The summed E-state index contributed by atoms with van der Waals surface area (Å²) < 4.78 is 1.92. The van der Waals surface area contributed by atoms with Crippen LogP contribution in [-0.4, -0.2) is 15.1 Å². The Morgan fingerprint density at radius 2 is 1.89 bits per heavy atom. The van der Waals surface area contributed by atoms with Crippen LogP contribution >= 0.6 is 0 Å². The SMILES string of the molecule is Cn1cc(-c2ccccc2)nc1C#CC(C)(C)N. The molecule has 0 radical (unpaired) electrons. The Morgan fingerprint density at radius 1 is 1.22 bits per heavy atom. The van der Waals surface area contributed by atoms with Crippen LogP contribution in [0.5, 0.6) is 0 Å². The maximum atomic E-state index is 5.84. The molecule has 0 saturated heterocycles. The maximum absolute atomic E-state index is 5.84. The monoisotopic (exact) mass is 239 g/mol. The van der Waals surface area contributed by atoms with Gasteiger partial charge in [-0.2, -0.15) is 0 Å². The normalized spacial score (nSPS) is 10.9. The van der Waals surface area contributed by atoms with E-state index in [4.69, 9.17) is 5.73 Å². The summed E-state index contributed by atoms with van der Waals surface area (Å²) >= 11 is 0. The fourth-order valence-corrected chi connectivity index (χ4v) is 1.55. The average molecular weight is 239 g/mol. The molecule has 0 amide bonds. The second kappa shape index (κ2) is 4.67. The molecule has 0 aliphatic carbocycles. The van der Waals surface area contributed by atoms with E-state index in [-0.39, 0.29) is 0 Å². The van der Waals surface area contributed by atoms with E-state index in [2.05, 4.69) is 16.8 Å². The van der Waals surface area contributed by atoms with Gasteiger partial charge in [-0.15, -0.1) is 0 Å². The summed E-state index contributed by atoms with van der Waals surface area (Å²) in [6.07, 6.45) is 1.98. The zero-order valence-corrected chi connectivity index (χ0v) is 10.9. The molecule has 0 fully saturated rings. The molecule has 3 nitrogen and oxygen atoms in total. The number of aryl methyl sites for hydroxylation is 1. The second-order valence-corrected chi connectivity index (χ2v) is 4.90. The number of nitrogens with zero attached hydrogens (tertiary/aromatic N) is 2. The molecule has 2 N–H and O–H groups in total. The van der Waals surface area contributed by atoms with Crippen LogP contribution in [0.15, 0.2) is 36.5 Å². The number of hydrogen-bond acceptors (Lipinski definition) is 2. The van der Waals surface area contributed by atoms with Crippen molar-refractivity contribution in [3.63, 3.8) is 0 Å². The minimum atomic E-state index is -0.501. The zero-order chi connectivity index (χ0) is 13.2. The third-order valence-corrected chi connectivity index (χ3v) is 2.44. The average Bonchev–Trinajstić information content (AvgIpc) is 2.68. The van der Waals surface area contributed by atoms with E-state index in [1.807, 2.05) is 62.0 Å². The highest BCUT2D eigenvalue weighted by atomic mass is 15.0. The van der Waals surface area contributed by atoms with Crippen molar-refractivity contribution in [2.45, 2.75) is 19.4 Å². The van der Waals surface area contributed by atoms with Crippen LogP contribution in [0, 0.1) is 11.8 Å². The summed E-state index contributed by atoms with van der Waals surface area (Å²) in [5.41, 5.74) is 7.36. The quantitative estimate of drug-likeness (QED) is 0.775. The van der Waals surface area contributed by atoms with Gasteiger partial charge in [0.25, 0.3) is 0 Å². The van der Waals surface area contributed by atoms with Crippen LogP contribution in [0.3, 0.4) is 0 Å². The molecule has 1 aromatic heterocycles. The summed E-state index contributed by atoms with van der Waals surface area (Å²) in [6.45, 7) is 3.75. The predicted molar refractivity (Wildman–Crippen MR) is 73.8 cm³/mol. The van der Waals surface area contributed by atoms with Crippen LogP contribution in [0.25, 0.3) is 11.3 Å². The van der Waals surface area contributed by atoms with Crippen LogP contribution in [0.4, 0.5) is 0 Å². The topological polar surface area (TPSA) is 43.8 Å². The molecular formula is C15H17N3. The number of aromatic nitrogens is 2. The summed E-state index contributed by atoms with van der Waals surface area (Å²) in [4.78, 5) is 4.52. The van der Waals surface area contributed by atoms with Crippen LogP contribution in [0.1, 0.15) is 19.7 Å². The first kappa shape index (κ1) is 12.4. The molecule has 0 saturated carbocycles. The molecule has 0 bridgehead atoms. The molecule has 2 aromatic rings. The van der Waals surface area contributed by atoms with E-state index in [1.165, 1.54) is 0 Å². The molecule has 0 aliphatic heterocycles. The van der Waals surface area contributed by atoms with Crippen molar-refractivity contribution in [2.24, 2.45) is 12.8 Å². The maximum Gasteiger partial charge on any atom is 0.185 e. The first-order valence-electron chi connectivity index (χ1n) is 5.86. The van der Waals surface area contributed by atoms with E-state index in [9.17, 15) is 0 Å². The minimum Gasteiger partial charge on any atom is -0.327 e. The van der Waals surface area contributed by atoms with Gasteiger partial charge in [-0.1, -0.05) is 36.3 Å². The molecule has 0 spiro atoms. The van der Waals surface area contributed by atoms with Gasteiger partial charge in [0.2, 0.25) is 0 Å². The first-order valence-corrected chi connectivity index (χ1v) is 5.86. The number of rotatable bonds is 1. The van der Waals surface area contributed by atoms with E-state index in [0.29, 0.717) is 0 Å². The van der Waals surface area contributed by atoms with Gasteiger partial charge >= 0.3 is 0 Å². The van der Waals surface area contributed by atoms with Crippen molar-refractivity contribution in [1.82, 2.24) is 9.55 Å². The lowest BCUT2D eigenvalue weighted by Gasteiger charge is -2.07. The molecule has 3 heteroatoms. The Balaban J connectivity index is 2.36. The van der Waals surface area contributed by atoms with Crippen molar-refractivity contribution < 1.29 is 0 Å². The fraction of sp³-hybridized carbons (Fsp3) is 0.267. The lowest BCUT2D eigenvalue weighted by atomic mass is 10.1. The Bertz CT molecular complexity index is 592. The molecule has 0 atom stereocenters. The Labute approximate surface area is 108 Å². The Hall–Kier alpha value is -2.05. The lowest BCUT2D eigenvalue weighted by molar-refractivity contribution is 0.680. The van der Waals surface area contributed by atoms with Gasteiger partial charge in [0.1, 0.15) is 0 Å². The zero-order valence-electron chi connectivity index (χ0n) is 10.9. The lowest BCUT2D eigenvalue weighted by Crippen LogP contribution is -2.29. The second-order valence-electron chi connectivity index (χ2n) is 4.90. The third kappa shape index (κ3) is 2.99. The first-order chi connectivity index (χ1) is 8.46. The molecular weight excluding hydrogens is 222 g/mol. The third-order valence-electron chi connectivity index (χ3n) is 2.44. The fourth-order valence-electron chi connectivity index (χ4n) is 1.55. The highest BCUT2D eigenvalue weighted by molar-refractivity contribution is 5.59. The molecule has 92 valence electrons. The van der Waals surface area contributed by atoms with Gasteiger partial charge < -0.3 is 10.3 Å². The van der Waals surface area contributed by atoms with Crippen LogP contribution < -0.4 is 5.73 Å². The van der Waals surface area contributed by atoms with E-state index < -0.39 is 5.54 Å². The van der Waals surface area contributed by atoms with E-state index in [1.54, 1.807) is 0 Å². The number of benzene rings is 1. The molecule has 2 rings (SSSR count). The van der Waals surface area contributed by atoms with Crippen LogP contribution in [-0.2, 0) is 7.05 Å². The van der Waals surface area contributed by atoms with Gasteiger partial charge in [-0.3, -0.25) is 0 Å². The van der Waals surface area contributed by atoms with Crippen molar-refractivity contribution in [2.75, 3.05) is 0 Å². The predicted octanol–water partition coefficient (Wildman–Crippen LogP) is 2.18. The smallest absolute Gasteiger partial charge is 0.185 e. The van der Waals surface area contributed by atoms with Crippen molar-refractivity contribution >= 4 is 0 Å². The van der Waals surface area contributed by atoms with Gasteiger partial charge in [0.15, 0.2) is 5.82 Å². The molecule has 1 aromatic carbocycles. The highest BCUT2D eigenvalue weighted by Gasteiger charge is 2.07. The summed E-state index contributed by atoms with van der Waals surface area (Å²) in [7, 11) is 1.94. The van der Waals surface area contributed by atoms with Gasteiger partial charge in [0, 0.05) is 18.8 Å². The summed E-state index contributed by atoms with van der Waals surface area (Å²) in [5, 5.41) is 0. The highest BCUT2D eigenvalue weighted by Crippen LogP contribution is 2.17. The van der Waals surface area contributed by atoms with Crippen LogP contribution in [0.2, 0.25) is 0 Å². The van der Waals surface area contributed by atoms with Crippen molar-refractivity contribution in [1.29, 1.82) is 0 Å². The van der Waals surface area contributed by atoms with Crippen molar-refractivity contribution in [3.05, 3.63) is 42.4 Å². The number of imidazole rings is 1. The van der Waals surface area contributed by atoms with Crippen molar-refractivity contribution in [3.8, 4) is 23.1 Å². The summed E-state index contributed by atoms with van der Waals surface area (Å²) in [5.74, 6) is 6.74. The number of nitrogens with two attached hydrogens (primary N) is 1. The molecule has 1 heterocycles. The standard InChI is InChI=1S/C15H17N3/c1-15(2,16)10-9-14-17-13(11-18(14)3)12-7-5-4-6-8-12/h4-8,11H,16H2,1-3H3.